The molecule has 1 aliphatic rings. The lowest BCUT2D eigenvalue weighted by molar-refractivity contribution is 0.340. The standard InChI is InChI=1S/C12H19N3O2/c1-16-11-7-10(14-12(15-11)17-2)8-3-5-9(13)6-4-8/h7-9H,3-6,13H2,1-2H3. The topological polar surface area (TPSA) is 70.3 Å². The number of nitrogens with two attached hydrogens (primary N) is 1. The van der Waals surface area contributed by atoms with E-state index in [0.717, 1.165) is 31.4 Å². The van der Waals surface area contributed by atoms with Gasteiger partial charge in [0, 0.05) is 18.0 Å². The number of nitrogens with zero attached hydrogens (tertiary/aromatic N) is 2. The molecule has 1 saturated carbocycles. The fourth-order valence-corrected chi connectivity index (χ4v) is 2.24. The predicted octanol–water partition coefficient (Wildman–Crippen LogP) is 1.48. The lowest BCUT2D eigenvalue weighted by atomic mass is 9.84. The van der Waals surface area contributed by atoms with Gasteiger partial charge in [-0.3, -0.25) is 0 Å². The lowest BCUT2D eigenvalue weighted by Crippen LogP contribution is -2.26. The Morgan fingerprint density at radius 3 is 2.41 bits per heavy atom. The van der Waals surface area contributed by atoms with E-state index in [1.165, 1.54) is 0 Å². The summed E-state index contributed by atoms with van der Waals surface area (Å²) >= 11 is 0. The summed E-state index contributed by atoms with van der Waals surface area (Å²) in [6.45, 7) is 0. The van der Waals surface area contributed by atoms with Crippen LogP contribution in [0.5, 0.6) is 11.9 Å². The second-order valence-corrected chi connectivity index (χ2v) is 4.43. The number of methoxy groups -OCH3 is 2. The Morgan fingerprint density at radius 2 is 1.82 bits per heavy atom. The molecule has 1 fully saturated rings. The summed E-state index contributed by atoms with van der Waals surface area (Å²) in [7, 11) is 3.16. The van der Waals surface area contributed by atoms with E-state index in [9.17, 15) is 0 Å². The lowest BCUT2D eigenvalue weighted by Gasteiger charge is -2.25. The minimum absolute atomic E-state index is 0.344. The first-order chi connectivity index (χ1) is 8.22. The molecule has 0 aromatic carbocycles. The highest BCUT2D eigenvalue weighted by Crippen LogP contribution is 2.32. The van der Waals surface area contributed by atoms with E-state index >= 15 is 0 Å². The first-order valence-electron chi connectivity index (χ1n) is 5.95. The van der Waals surface area contributed by atoms with Crippen LogP contribution in [0.15, 0.2) is 6.07 Å². The molecule has 0 spiro atoms. The van der Waals surface area contributed by atoms with Gasteiger partial charge in [-0.15, -0.1) is 0 Å². The van der Waals surface area contributed by atoms with E-state index in [-0.39, 0.29) is 0 Å². The summed E-state index contributed by atoms with van der Waals surface area (Å²) in [5, 5.41) is 0. The van der Waals surface area contributed by atoms with Crippen molar-refractivity contribution < 1.29 is 9.47 Å². The van der Waals surface area contributed by atoms with Crippen LogP contribution in [0.4, 0.5) is 0 Å². The van der Waals surface area contributed by atoms with Gasteiger partial charge in [-0.2, -0.15) is 9.97 Å². The van der Waals surface area contributed by atoms with E-state index < -0.39 is 0 Å². The highest BCUT2D eigenvalue weighted by molar-refractivity contribution is 5.22. The Labute approximate surface area is 101 Å². The number of aromatic nitrogens is 2. The number of rotatable bonds is 3. The summed E-state index contributed by atoms with van der Waals surface area (Å²) in [6.07, 6.45) is 4.26. The summed E-state index contributed by atoms with van der Waals surface area (Å²) in [6, 6.07) is 2.61. The molecule has 17 heavy (non-hydrogen) atoms. The Morgan fingerprint density at radius 1 is 1.12 bits per heavy atom. The van der Waals surface area contributed by atoms with Gasteiger partial charge in [-0.25, -0.2) is 0 Å². The molecule has 94 valence electrons. The van der Waals surface area contributed by atoms with Crippen molar-refractivity contribution in [2.45, 2.75) is 37.6 Å². The van der Waals surface area contributed by atoms with Gasteiger partial charge in [-0.1, -0.05) is 0 Å². The smallest absolute Gasteiger partial charge is 0.319 e. The monoisotopic (exact) mass is 237 g/mol. The van der Waals surface area contributed by atoms with Crippen LogP contribution in [-0.2, 0) is 0 Å². The van der Waals surface area contributed by atoms with Crippen LogP contribution in [0.2, 0.25) is 0 Å². The van der Waals surface area contributed by atoms with Crippen molar-refractivity contribution in [3.05, 3.63) is 11.8 Å². The van der Waals surface area contributed by atoms with Crippen molar-refractivity contribution in [3.8, 4) is 11.9 Å². The summed E-state index contributed by atoms with van der Waals surface area (Å²) in [5.41, 5.74) is 6.91. The van der Waals surface area contributed by atoms with E-state index in [0.29, 0.717) is 23.9 Å². The molecule has 5 nitrogen and oxygen atoms in total. The molecule has 0 amide bonds. The first-order valence-corrected chi connectivity index (χ1v) is 5.95. The van der Waals surface area contributed by atoms with Crippen molar-refractivity contribution in [1.29, 1.82) is 0 Å². The van der Waals surface area contributed by atoms with Crippen molar-refractivity contribution in [2.24, 2.45) is 5.73 Å². The van der Waals surface area contributed by atoms with Crippen molar-refractivity contribution in [3.63, 3.8) is 0 Å². The number of ether oxygens (including phenoxy) is 2. The van der Waals surface area contributed by atoms with E-state index in [4.69, 9.17) is 15.2 Å². The van der Waals surface area contributed by atoms with Crippen LogP contribution in [-0.4, -0.2) is 30.2 Å². The molecule has 0 atom stereocenters. The molecule has 0 saturated heterocycles. The van der Waals surface area contributed by atoms with Gasteiger partial charge in [0.05, 0.1) is 19.9 Å². The average Bonchev–Trinajstić information content (AvgIpc) is 2.39. The molecule has 2 N–H and O–H groups in total. The minimum Gasteiger partial charge on any atom is -0.481 e. The normalized spacial score (nSPS) is 24.4. The van der Waals surface area contributed by atoms with E-state index in [1.807, 2.05) is 6.07 Å². The third-order valence-electron chi connectivity index (χ3n) is 3.28. The summed E-state index contributed by atoms with van der Waals surface area (Å²) < 4.78 is 10.2. The zero-order valence-corrected chi connectivity index (χ0v) is 10.3. The molecule has 0 bridgehead atoms. The third kappa shape index (κ3) is 2.85. The van der Waals surface area contributed by atoms with E-state index in [2.05, 4.69) is 9.97 Å². The van der Waals surface area contributed by atoms with Gasteiger partial charge in [0.1, 0.15) is 0 Å². The Bertz CT molecular complexity index is 354. The van der Waals surface area contributed by atoms with Crippen molar-refractivity contribution in [2.75, 3.05) is 14.2 Å². The molecule has 5 heteroatoms. The Balaban J connectivity index is 2.19. The molecule has 0 aliphatic heterocycles. The molecule has 1 aromatic heterocycles. The number of hydrogen-bond acceptors (Lipinski definition) is 5. The van der Waals surface area contributed by atoms with E-state index in [1.54, 1.807) is 14.2 Å². The van der Waals surface area contributed by atoms with Gasteiger partial charge >= 0.3 is 6.01 Å². The second kappa shape index (κ2) is 5.31. The predicted molar refractivity (Wildman–Crippen MR) is 64.3 cm³/mol. The first kappa shape index (κ1) is 12.1. The largest absolute Gasteiger partial charge is 0.481 e. The van der Waals surface area contributed by atoms with Crippen LogP contribution in [0.1, 0.15) is 37.3 Å². The van der Waals surface area contributed by atoms with Crippen molar-refractivity contribution in [1.82, 2.24) is 9.97 Å². The quantitative estimate of drug-likeness (QED) is 0.862. The molecule has 1 heterocycles. The van der Waals surface area contributed by atoms with Crippen LogP contribution >= 0.6 is 0 Å². The average molecular weight is 237 g/mol. The van der Waals surface area contributed by atoms with Gasteiger partial charge in [0.25, 0.3) is 0 Å². The van der Waals surface area contributed by atoms with Gasteiger partial charge in [0.2, 0.25) is 5.88 Å². The summed E-state index contributed by atoms with van der Waals surface area (Å²) in [5.74, 6) is 1.00. The molecular formula is C12H19N3O2. The maximum atomic E-state index is 5.91. The van der Waals surface area contributed by atoms with Crippen molar-refractivity contribution >= 4 is 0 Å². The zero-order chi connectivity index (χ0) is 12.3. The Hall–Kier alpha value is -1.36. The molecule has 2 rings (SSSR count). The molecule has 1 aromatic rings. The molecule has 1 aliphatic carbocycles. The number of hydrogen-bond donors (Lipinski definition) is 1. The van der Waals surface area contributed by atoms with Gasteiger partial charge < -0.3 is 15.2 Å². The molecule has 0 radical (unpaired) electrons. The molecule has 0 unspecified atom stereocenters. The molecular weight excluding hydrogens is 218 g/mol. The van der Waals surface area contributed by atoms with Crippen LogP contribution in [0, 0.1) is 0 Å². The van der Waals surface area contributed by atoms with Gasteiger partial charge in [0.15, 0.2) is 0 Å². The van der Waals surface area contributed by atoms with Crippen LogP contribution in [0.3, 0.4) is 0 Å². The van der Waals surface area contributed by atoms with Crippen LogP contribution in [0.25, 0.3) is 0 Å². The highest BCUT2D eigenvalue weighted by atomic mass is 16.5. The maximum Gasteiger partial charge on any atom is 0.319 e. The highest BCUT2D eigenvalue weighted by Gasteiger charge is 2.22. The van der Waals surface area contributed by atoms with Crippen LogP contribution < -0.4 is 15.2 Å². The Kier molecular flexibility index (Phi) is 3.78. The third-order valence-corrected chi connectivity index (χ3v) is 3.28. The fraction of sp³-hybridized carbons (Fsp3) is 0.667. The second-order valence-electron chi connectivity index (χ2n) is 4.43. The SMILES string of the molecule is COc1cc(C2CCC(N)CC2)nc(OC)n1. The zero-order valence-electron chi connectivity index (χ0n) is 10.3. The van der Waals surface area contributed by atoms with Gasteiger partial charge in [-0.05, 0) is 25.7 Å². The maximum absolute atomic E-state index is 5.91. The summed E-state index contributed by atoms with van der Waals surface area (Å²) in [4.78, 5) is 8.49. The fourth-order valence-electron chi connectivity index (χ4n) is 2.24. The minimum atomic E-state index is 0.344.